The van der Waals surface area contributed by atoms with Crippen molar-refractivity contribution in [2.24, 2.45) is 0 Å². The summed E-state index contributed by atoms with van der Waals surface area (Å²) in [4.78, 5) is 46.0. The van der Waals surface area contributed by atoms with Gasteiger partial charge in [0.2, 0.25) is 8.32 Å². The van der Waals surface area contributed by atoms with Crippen LogP contribution in [0.25, 0.3) is 16.6 Å². The number of aliphatic hydroxyl groups is 1. The van der Waals surface area contributed by atoms with E-state index in [1.165, 1.54) is 10.9 Å². The van der Waals surface area contributed by atoms with Gasteiger partial charge in [-0.15, -0.1) is 0 Å². The predicted molar refractivity (Wildman–Crippen MR) is 170 cm³/mol. The lowest BCUT2D eigenvalue weighted by atomic mass is 10.1. The van der Waals surface area contributed by atoms with Crippen molar-refractivity contribution in [3.05, 3.63) is 106 Å². The highest BCUT2D eigenvalue weighted by Crippen LogP contribution is 2.31. The number of fused-ring (bicyclic) bond motifs is 1. The molecule has 0 saturated heterocycles. The summed E-state index contributed by atoms with van der Waals surface area (Å²) in [5, 5.41) is 11.3. The molecule has 0 atom stereocenters. The average molecular weight is 613 g/mol. The fourth-order valence-corrected chi connectivity index (χ4v) is 5.37. The number of Topliss-reactive ketones (excluding diaryl/α,β-unsaturated/α-hetero) is 1. The van der Waals surface area contributed by atoms with Crippen LogP contribution in [0.15, 0.2) is 83.9 Å². The first-order chi connectivity index (χ1) is 20.8. The van der Waals surface area contributed by atoms with Crippen molar-refractivity contribution in [3.63, 3.8) is 0 Å². The minimum atomic E-state index is -2.36. The number of pyridine rings is 2. The summed E-state index contributed by atoms with van der Waals surface area (Å²) in [5.74, 6) is 1.31. The van der Waals surface area contributed by atoms with E-state index in [1.54, 1.807) is 68.0 Å². The van der Waals surface area contributed by atoms with E-state index in [0.29, 0.717) is 39.8 Å². The number of nitrogens with zero attached hydrogens (tertiary/aromatic N) is 4. The molecular formula is C33H36N4O6Si. The van der Waals surface area contributed by atoms with Crippen LogP contribution in [0.4, 0.5) is 0 Å². The van der Waals surface area contributed by atoms with Crippen LogP contribution < -0.4 is 15.0 Å². The van der Waals surface area contributed by atoms with Crippen molar-refractivity contribution >= 4 is 25.0 Å². The van der Waals surface area contributed by atoms with Crippen LogP contribution >= 0.6 is 0 Å². The molecule has 0 spiro atoms. The van der Waals surface area contributed by atoms with Crippen LogP contribution in [0.3, 0.4) is 0 Å². The van der Waals surface area contributed by atoms with Gasteiger partial charge in [-0.1, -0.05) is 18.2 Å². The number of para-hydroxylation sites is 1. The summed E-state index contributed by atoms with van der Waals surface area (Å²) >= 11 is 0. The fourth-order valence-electron chi connectivity index (χ4n) is 4.85. The normalized spacial score (nSPS) is 12.0. The molecule has 3 aromatic heterocycles. The molecule has 3 heterocycles. The van der Waals surface area contributed by atoms with Crippen LogP contribution in [0.1, 0.15) is 35.6 Å². The monoisotopic (exact) mass is 612 g/mol. The Hall–Kier alpha value is -4.58. The molecule has 0 aliphatic carbocycles. The van der Waals surface area contributed by atoms with E-state index in [-0.39, 0.29) is 30.5 Å². The first-order valence-corrected chi connectivity index (χ1v) is 17.4. The lowest BCUT2D eigenvalue weighted by Gasteiger charge is -2.22. The molecule has 0 aliphatic heterocycles. The number of ketones is 1. The molecular weight excluding hydrogens is 576 g/mol. The van der Waals surface area contributed by atoms with Gasteiger partial charge >= 0.3 is 0 Å². The maximum atomic E-state index is 13.6. The topological polar surface area (TPSA) is 129 Å². The number of carbonyl (C=O) groups is 1. The standard InChI is InChI=1S/C33H36N4O6Si/c1-22-31(32(39)37(24-9-7-6-8-10-24)36(22)20-33(2,3)40)29(38)17-23-11-12-26(19-35-23)43-30-15-16-34-28-18-25(13-14-27(28)30)42-21-44(4,5)41/h6-16,18-19,40-41H,17,20-21H2,1-5H3. The van der Waals surface area contributed by atoms with Gasteiger partial charge in [-0.3, -0.25) is 24.2 Å². The second kappa shape index (κ2) is 12.2. The van der Waals surface area contributed by atoms with Crippen molar-refractivity contribution < 1.29 is 24.2 Å². The van der Waals surface area contributed by atoms with Crippen LogP contribution in [0.5, 0.6) is 17.2 Å². The summed E-state index contributed by atoms with van der Waals surface area (Å²) in [7, 11) is -2.36. The molecule has 0 saturated carbocycles. The molecule has 44 heavy (non-hydrogen) atoms. The molecule has 2 N–H and O–H groups in total. The van der Waals surface area contributed by atoms with Gasteiger partial charge < -0.3 is 19.4 Å². The van der Waals surface area contributed by atoms with E-state index in [1.807, 2.05) is 43.4 Å². The molecule has 228 valence electrons. The third-order valence-electron chi connectivity index (χ3n) is 6.85. The molecule has 11 heteroatoms. The van der Waals surface area contributed by atoms with Gasteiger partial charge in [-0.05, 0) is 76.3 Å². The molecule has 0 unspecified atom stereocenters. The Morgan fingerprint density at radius 3 is 2.39 bits per heavy atom. The number of benzene rings is 2. The first kappa shape index (κ1) is 30.9. The van der Waals surface area contributed by atoms with E-state index < -0.39 is 19.5 Å². The molecule has 0 aliphatic rings. The van der Waals surface area contributed by atoms with Gasteiger partial charge in [0.05, 0.1) is 36.0 Å². The zero-order valence-electron chi connectivity index (χ0n) is 25.4. The fraction of sp³-hybridized carbons (Fsp3) is 0.273. The first-order valence-electron chi connectivity index (χ1n) is 14.3. The van der Waals surface area contributed by atoms with E-state index in [4.69, 9.17) is 9.47 Å². The summed E-state index contributed by atoms with van der Waals surface area (Å²) in [6, 6.07) is 19.7. The molecule has 10 nitrogen and oxygen atoms in total. The van der Waals surface area contributed by atoms with Gasteiger partial charge in [0.15, 0.2) is 5.78 Å². The van der Waals surface area contributed by atoms with Gasteiger partial charge in [0.1, 0.15) is 29.0 Å². The van der Waals surface area contributed by atoms with Gasteiger partial charge in [0, 0.05) is 29.0 Å². The Morgan fingerprint density at radius 1 is 1.00 bits per heavy atom. The largest absolute Gasteiger partial charge is 0.494 e. The minimum absolute atomic E-state index is 0.0664. The van der Waals surface area contributed by atoms with Gasteiger partial charge in [-0.2, -0.15) is 0 Å². The highest BCUT2D eigenvalue weighted by molar-refractivity contribution is 6.69. The van der Waals surface area contributed by atoms with E-state index in [0.717, 1.165) is 5.39 Å². The lowest BCUT2D eigenvalue weighted by Crippen LogP contribution is -2.34. The van der Waals surface area contributed by atoms with E-state index in [2.05, 4.69) is 9.97 Å². The molecule has 5 rings (SSSR count). The Bertz CT molecular complexity index is 1850. The Labute approximate surface area is 256 Å². The maximum Gasteiger partial charge on any atom is 0.282 e. The van der Waals surface area contributed by atoms with Crippen molar-refractivity contribution in [3.8, 4) is 22.9 Å². The van der Waals surface area contributed by atoms with E-state index in [9.17, 15) is 19.5 Å². The van der Waals surface area contributed by atoms with Crippen molar-refractivity contribution in [2.75, 3.05) is 6.23 Å². The van der Waals surface area contributed by atoms with Gasteiger partial charge in [-0.25, -0.2) is 4.68 Å². The Morgan fingerprint density at radius 2 is 1.73 bits per heavy atom. The minimum Gasteiger partial charge on any atom is -0.494 e. The van der Waals surface area contributed by atoms with Crippen molar-refractivity contribution in [1.82, 2.24) is 19.3 Å². The van der Waals surface area contributed by atoms with Crippen LogP contribution in [-0.4, -0.2) is 55.2 Å². The molecule has 5 aromatic rings. The van der Waals surface area contributed by atoms with Crippen LogP contribution in [0, 0.1) is 6.92 Å². The third kappa shape index (κ3) is 7.13. The summed E-state index contributed by atoms with van der Waals surface area (Å²) < 4.78 is 14.9. The van der Waals surface area contributed by atoms with Crippen molar-refractivity contribution in [1.29, 1.82) is 0 Å². The van der Waals surface area contributed by atoms with Gasteiger partial charge in [0.25, 0.3) is 5.56 Å². The number of aromatic nitrogens is 4. The highest BCUT2D eigenvalue weighted by atomic mass is 28.4. The number of hydrogen-bond acceptors (Lipinski definition) is 8. The molecule has 2 aromatic carbocycles. The molecule has 0 bridgehead atoms. The third-order valence-corrected chi connectivity index (χ3v) is 7.70. The van der Waals surface area contributed by atoms with Crippen LogP contribution in [0.2, 0.25) is 13.1 Å². The summed E-state index contributed by atoms with van der Waals surface area (Å²) in [5.41, 5.74) is 0.761. The number of carbonyl (C=O) groups excluding carboxylic acids is 1. The molecule has 0 radical (unpaired) electrons. The number of rotatable bonds is 11. The van der Waals surface area contributed by atoms with Crippen molar-refractivity contribution in [2.45, 2.75) is 52.4 Å². The lowest BCUT2D eigenvalue weighted by molar-refractivity contribution is 0.0546. The number of hydrogen-bond donors (Lipinski definition) is 2. The highest BCUT2D eigenvalue weighted by Gasteiger charge is 2.27. The summed E-state index contributed by atoms with van der Waals surface area (Å²) in [6.07, 6.45) is 3.38. The molecule has 0 fully saturated rings. The second-order valence-corrected chi connectivity index (χ2v) is 16.0. The van der Waals surface area contributed by atoms with E-state index >= 15 is 0 Å². The second-order valence-electron chi connectivity index (χ2n) is 12.1. The number of ether oxygens (including phenoxy) is 2. The summed E-state index contributed by atoms with van der Waals surface area (Å²) in [6.45, 7) is 8.78. The quantitative estimate of drug-likeness (QED) is 0.158. The smallest absolute Gasteiger partial charge is 0.282 e. The Kier molecular flexibility index (Phi) is 8.55. The zero-order chi connectivity index (χ0) is 31.6. The van der Waals surface area contributed by atoms with Crippen LogP contribution in [-0.2, 0) is 13.0 Å². The molecule has 0 amide bonds. The Balaban J connectivity index is 1.35. The zero-order valence-corrected chi connectivity index (χ0v) is 26.4. The SMILES string of the molecule is Cc1c(C(=O)Cc2ccc(Oc3ccnc4cc(OC[Si](C)(C)O)ccc34)cn2)c(=O)n(-c2ccccc2)n1CC(C)(C)O. The maximum absolute atomic E-state index is 13.6. The predicted octanol–water partition coefficient (Wildman–Crippen LogP) is 4.99. The average Bonchev–Trinajstić information content (AvgIpc) is 3.20.